The monoisotopic (exact) mass is 268 g/mol. The Balaban J connectivity index is 2.83. The second kappa shape index (κ2) is 7.35. The van der Waals surface area contributed by atoms with Gasteiger partial charge in [0.15, 0.2) is 11.5 Å². The van der Waals surface area contributed by atoms with Gasteiger partial charge in [-0.05, 0) is 18.1 Å². The van der Waals surface area contributed by atoms with Crippen molar-refractivity contribution in [2.24, 2.45) is 0 Å². The summed E-state index contributed by atoms with van der Waals surface area (Å²) in [5, 5.41) is 5.22. The summed E-state index contributed by atoms with van der Waals surface area (Å²) in [4.78, 5) is 11.1. The van der Waals surface area contributed by atoms with Gasteiger partial charge in [-0.15, -0.1) is 0 Å². The molecule has 0 radical (unpaired) electrons. The fraction of sp³-hybridized carbons (Fsp3) is 0.462. The molecule has 2 N–H and O–H groups in total. The molecule has 0 spiro atoms. The van der Waals surface area contributed by atoms with Crippen LogP contribution in [-0.2, 0) is 6.42 Å². The van der Waals surface area contributed by atoms with Crippen molar-refractivity contribution in [2.45, 2.75) is 6.42 Å². The minimum atomic E-state index is -0.209. The highest BCUT2D eigenvalue weighted by molar-refractivity contribution is 5.73. The summed E-state index contributed by atoms with van der Waals surface area (Å²) in [7, 11) is 6.32. The Morgan fingerprint density at radius 2 is 1.63 bits per heavy atom. The largest absolute Gasteiger partial charge is 0.496 e. The number of rotatable bonds is 6. The maximum atomic E-state index is 11.1. The standard InChI is InChI=1S/C13H20N2O4/c1-14-13(16)15-6-5-9-7-11(18-3)12(19-4)8-10(9)17-2/h7-8H,5-6H2,1-4H3,(H2,14,15,16). The zero-order valence-corrected chi connectivity index (χ0v) is 11.7. The summed E-state index contributed by atoms with van der Waals surface area (Å²) < 4.78 is 15.8. The summed E-state index contributed by atoms with van der Waals surface area (Å²) in [6.07, 6.45) is 0.636. The van der Waals surface area contributed by atoms with Gasteiger partial charge in [0.2, 0.25) is 0 Å². The van der Waals surface area contributed by atoms with E-state index in [1.807, 2.05) is 6.07 Å². The van der Waals surface area contributed by atoms with Crippen molar-refractivity contribution in [1.29, 1.82) is 0 Å². The van der Waals surface area contributed by atoms with Crippen molar-refractivity contribution < 1.29 is 19.0 Å². The van der Waals surface area contributed by atoms with Crippen molar-refractivity contribution >= 4 is 6.03 Å². The number of ether oxygens (including phenoxy) is 3. The second-order valence-electron chi connectivity index (χ2n) is 3.77. The molecule has 0 saturated heterocycles. The van der Waals surface area contributed by atoms with Crippen LogP contribution in [0.2, 0.25) is 0 Å². The molecule has 0 aliphatic heterocycles. The summed E-state index contributed by atoms with van der Waals surface area (Å²) in [5.41, 5.74) is 0.941. The van der Waals surface area contributed by atoms with Crippen LogP contribution in [0.3, 0.4) is 0 Å². The van der Waals surface area contributed by atoms with E-state index in [-0.39, 0.29) is 6.03 Å². The fourth-order valence-electron chi connectivity index (χ4n) is 1.69. The van der Waals surface area contributed by atoms with Gasteiger partial charge in [-0.2, -0.15) is 0 Å². The first kappa shape index (κ1) is 14.9. The minimum absolute atomic E-state index is 0.209. The molecule has 6 heteroatoms. The van der Waals surface area contributed by atoms with Crippen LogP contribution in [0.4, 0.5) is 4.79 Å². The number of urea groups is 1. The van der Waals surface area contributed by atoms with Crippen molar-refractivity contribution in [3.63, 3.8) is 0 Å². The number of carbonyl (C=O) groups excluding carboxylic acids is 1. The molecule has 0 aliphatic rings. The lowest BCUT2D eigenvalue weighted by Crippen LogP contribution is -2.34. The highest BCUT2D eigenvalue weighted by Gasteiger charge is 2.11. The number of nitrogens with one attached hydrogen (secondary N) is 2. The lowest BCUT2D eigenvalue weighted by molar-refractivity contribution is 0.243. The van der Waals surface area contributed by atoms with E-state index < -0.39 is 0 Å². The molecule has 0 aromatic heterocycles. The van der Waals surface area contributed by atoms with Gasteiger partial charge in [0.25, 0.3) is 0 Å². The Morgan fingerprint density at radius 1 is 1.05 bits per heavy atom. The third-order valence-electron chi connectivity index (χ3n) is 2.69. The van der Waals surface area contributed by atoms with E-state index in [2.05, 4.69) is 10.6 Å². The van der Waals surface area contributed by atoms with Gasteiger partial charge < -0.3 is 24.8 Å². The van der Waals surface area contributed by atoms with E-state index in [1.165, 1.54) is 0 Å². The van der Waals surface area contributed by atoms with E-state index >= 15 is 0 Å². The van der Waals surface area contributed by atoms with Crippen LogP contribution in [0.5, 0.6) is 17.2 Å². The zero-order chi connectivity index (χ0) is 14.3. The molecule has 1 rings (SSSR count). The Morgan fingerprint density at radius 3 is 2.16 bits per heavy atom. The molecule has 0 heterocycles. The Labute approximate surface area is 113 Å². The average Bonchev–Trinajstić information content (AvgIpc) is 2.46. The van der Waals surface area contributed by atoms with Crippen LogP contribution in [0, 0.1) is 0 Å². The average molecular weight is 268 g/mol. The first-order valence-corrected chi connectivity index (χ1v) is 5.90. The lowest BCUT2D eigenvalue weighted by atomic mass is 10.1. The number of benzene rings is 1. The lowest BCUT2D eigenvalue weighted by Gasteiger charge is -2.14. The van der Waals surface area contributed by atoms with E-state index in [4.69, 9.17) is 14.2 Å². The molecule has 19 heavy (non-hydrogen) atoms. The summed E-state index contributed by atoms with van der Waals surface area (Å²) in [5.74, 6) is 1.96. The molecule has 1 aromatic carbocycles. The molecule has 2 amide bonds. The zero-order valence-electron chi connectivity index (χ0n) is 11.7. The van der Waals surface area contributed by atoms with Crippen molar-refractivity contribution in [3.8, 4) is 17.2 Å². The second-order valence-corrected chi connectivity index (χ2v) is 3.77. The van der Waals surface area contributed by atoms with Gasteiger partial charge in [-0.3, -0.25) is 0 Å². The highest BCUT2D eigenvalue weighted by Crippen LogP contribution is 2.34. The Hall–Kier alpha value is -2.11. The van der Waals surface area contributed by atoms with Gasteiger partial charge in [0.1, 0.15) is 5.75 Å². The molecule has 1 aromatic rings. The van der Waals surface area contributed by atoms with E-state index in [0.29, 0.717) is 30.2 Å². The molecule has 0 saturated carbocycles. The fourth-order valence-corrected chi connectivity index (χ4v) is 1.69. The Kier molecular flexibility index (Phi) is 5.78. The first-order valence-electron chi connectivity index (χ1n) is 5.90. The topological polar surface area (TPSA) is 68.8 Å². The first-order chi connectivity index (χ1) is 9.15. The molecular weight excluding hydrogens is 248 g/mol. The van der Waals surface area contributed by atoms with Crippen LogP contribution in [0.1, 0.15) is 5.56 Å². The summed E-state index contributed by atoms with van der Waals surface area (Å²) in [6, 6.07) is 3.41. The number of hydrogen-bond donors (Lipinski definition) is 2. The number of amides is 2. The molecule has 6 nitrogen and oxygen atoms in total. The number of carbonyl (C=O) groups is 1. The van der Waals surface area contributed by atoms with Crippen LogP contribution >= 0.6 is 0 Å². The molecule has 0 unspecified atom stereocenters. The molecule has 0 aliphatic carbocycles. The van der Waals surface area contributed by atoms with Gasteiger partial charge >= 0.3 is 6.03 Å². The summed E-state index contributed by atoms with van der Waals surface area (Å²) in [6.45, 7) is 0.505. The number of hydrogen-bond acceptors (Lipinski definition) is 4. The number of methoxy groups -OCH3 is 3. The smallest absolute Gasteiger partial charge is 0.314 e. The van der Waals surface area contributed by atoms with Gasteiger partial charge in [-0.1, -0.05) is 0 Å². The molecular formula is C13H20N2O4. The predicted molar refractivity (Wildman–Crippen MR) is 72.3 cm³/mol. The quantitative estimate of drug-likeness (QED) is 0.813. The van der Waals surface area contributed by atoms with Crippen LogP contribution in [0.15, 0.2) is 12.1 Å². The van der Waals surface area contributed by atoms with Crippen LogP contribution < -0.4 is 24.8 Å². The van der Waals surface area contributed by atoms with E-state index in [0.717, 1.165) is 5.56 Å². The van der Waals surface area contributed by atoms with Crippen molar-refractivity contribution in [3.05, 3.63) is 17.7 Å². The maximum Gasteiger partial charge on any atom is 0.314 e. The van der Waals surface area contributed by atoms with Crippen molar-refractivity contribution in [1.82, 2.24) is 10.6 Å². The van der Waals surface area contributed by atoms with E-state index in [9.17, 15) is 4.79 Å². The normalized spacial score (nSPS) is 9.68. The third-order valence-corrected chi connectivity index (χ3v) is 2.69. The van der Waals surface area contributed by atoms with Gasteiger partial charge in [0.05, 0.1) is 21.3 Å². The van der Waals surface area contributed by atoms with Gasteiger partial charge in [0, 0.05) is 19.7 Å². The summed E-state index contributed by atoms with van der Waals surface area (Å²) >= 11 is 0. The SMILES string of the molecule is CNC(=O)NCCc1cc(OC)c(OC)cc1OC. The van der Waals surface area contributed by atoms with Crippen molar-refractivity contribution in [2.75, 3.05) is 34.9 Å². The third kappa shape index (κ3) is 3.94. The Bertz CT molecular complexity index is 435. The minimum Gasteiger partial charge on any atom is -0.496 e. The van der Waals surface area contributed by atoms with Crippen LogP contribution in [-0.4, -0.2) is 41.0 Å². The van der Waals surface area contributed by atoms with E-state index in [1.54, 1.807) is 34.4 Å². The molecule has 0 bridgehead atoms. The molecule has 106 valence electrons. The highest BCUT2D eigenvalue weighted by atomic mass is 16.5. The maximum absolute atomic E-state index is 11.1. The predicted octanol–water partition coefficient (Wildman–Crippen LogP) is 1.18. The van der Waals surface area contributed by atoms with Gasteiger partial charge in [-0.25, -0.2) is 4.79 Å². The van der Waals surface area contributed by atoms with Crippen LogP contribution in [0.25, 0.3) is 0 Å². The molecule has 0 fully saturated rings. The molecule has 0 atom stereocenters.